The number of fused-ring (bicyclic) bond motifs is 1. The number of nitrogens with zero attached hydrogens (tertiary/aromatic N) is 5. The molecule has 9 heteroatoms. The van der Waals surface area contributed by atoms with Gasteiger partial charge in [-0.3, -0.25) is 19.3 Å². The second-order valence-electron chi connectivity index (χ2n) is 8.24. The van der Waals surface area contributed by atoms with Crippen LogP contribution in [-0.4, -0.2) is 48.9 Å². The van der Waals surface area contributed by atoms with E-state index in [9.17, 15) is 14.4 Å². The molecule has 0 spiro atoms. The summed E-state index contributed by atoms with van der Waals surface area (Å²) < 4.78 is 1.49. The zero-order valence-electron chi connectivity index (χ0n) is 17.6. The van der Waals surface area contributed by atoms with E-state index in [0.29, 0.717) is 28.1 Å². The van der Waals surface area contributed by atoms with Crippen molar-refractivity contribution in [2.45, 2.75) is 45.1 Å². The SMILES string of the molecule is Cc1ccc(-n2cnnn2)cc1NC(=O)c1ccc2c(c1)C(=O)N(C1CCCCC1)C2=O. The van der Waals surface area contributed by atoms with Gasteiger partial charge in [0.2, 0.25) is 0 Å². The number of hydrogen-bond donors (Lipinski definition) is 1. The first-order valence-electron chi connectivity index (χ1n) is 10.7. The Bertz CT molecular complexity index is 1210. The third-order valence-electron chi connectivity index (χ3n) is 6.20. The number of anilines is 1. The predicted octanol–water partition coefficient (Wildman–Crippen LogP) is 3.15. The summed E-state index contributed by atoms with van der Waals surface area (Å²) >= 11 is 0. The smallest absolute Gasteiger partial charge is 0.261 e. The minimum absolute atomic E-state index is 0.0508. The molecule has 3 aromatic rings. The van der Waals surface area contributed by atoms with Gasteiger partial charge < -0.3 is 5.32 Å². The summed E-state index contributed by atoms with van der Waals surface area (Å²) in [6.07, 6.45) is 6.34. The summed E-state index contributed by atoms with van der Waals surface area (Å²) in [6.45, 7) is 1.88. The number of aromatic nitrogens is 4. The van der Waals surface area contributed by atoms with E-state index in [1.807, 2.05) is 19.1 Å². The molecule has 0 radical (unpaired) electrons. The van der Waals surface area contributed by atoms with Gasteiger partial charge in [0.15, 0.2) is 0 Å². The van der Waals surface area contributed by atoms with E-state index >= 15 is 0 Å². The van der Waals surface area contributed by atoms with Gasteiger partial charge in [-0.2, -0.15) is 0 Å². The molecule has 2 aromatic carbocycles. The summed E-state index contributed by atoms with van der Waals surface area (Å²) in [5, 5.41) is 14.0. The summed E-state index contributed by atoms with van der Waals surface area (Å²) in [6, 6.07) is 10.1. The number of carbonyl (C=O) groups excluding carboxylic acids is 3. The fourth-order valence-corrected chi connectivity index (χ4v) is 4.43. The Morgan fingerprint density at radius 3 is 2.53 bits per heavy atom. The van der Waals surface area contributed by atoms with E-state index in [1.54, 1.807) is 18.2 Å². The van der Waals surface area contributed by atoms with Crippen molar-refractivity contribution in [3.05, 3.63) is 65.0 Å². The van der Waals surface area contributed by atoms with Crippen molar-refractivity contribution in [1.82, 2.24) is 25.1 Å². The van der Waals surface area contributed by atoms with Gasteiger partial charge in [0.25, 0.3) is 17.7 Å². The van der Waals surface area contributed by atoms with Crippen LogP contribution in [0.1, 0.15) is 68.7 Å². The van der Waals surface area contributed by atoms with Crippen LogP contribution in [0.2, 0.25) is 0 Å². The summed E-state index contributed by atoms with van der Waals surface area (Å²) in [5.41, 5.74) is 3.17. The lowest BCUT2D eigenvalue weighted by Gasteiger charge is -2.29. The summed E-state index contributed by atoms with van der Waals surface area (Å²) in [7, 11) is 0. The van der Waals surface area contributed by atoms with Crippen molar-refractivity contribution in [3.63, 3.8) is 0 Å². The zero-order valence-corrected chi connectivity index (χ0v) is 17.6. The standard InChI is InChI=1S/C23H22N6O3/c1-14-7-9-17(28-13-24-26-27-28)12-20(14)25-21(30)15-8-10-18-19(11-15)23(32)29(22(18)31)16-5-3-2-4-6-16/h7-13,16H,2-6H2,1H3,(H,25,30). The molecule has 1 aromatic heterocycles. The van der Waals surface area contributed by atoms with Crippen LogP contribution in [0.15, 0.2) is 42.7 Å². The van der Waals surface area contributed by atoms with Crippen molar-refractivity contribution >= 4 is 23.4 Å². The molecule has 0 bridgehead atoms. The number of hydrogen-bond acceptors (Lipinski definition) is 6. The minimum Gasteiger partial charge on any atom is -0.322 e. The zero-order chi connectivity index (χ0) is 22.2. The molecule has 1 fully saturated rings. The lowest BCUT2D eigenvalue weighted by molar-refractivity contribution is 0.0549. The van der Waals surface area contributed by atoms with Crippen molar-refractivity contribution in [1.29, 1.82) is 0 Å². The van der Waals surface area contributed by atoms with E-state index in [0.717, 1.165) is 37.7 Å². The highest BCUT2D eigenvalue weighted by Gasteiger charge is 2.40. The highest BCUT2D eigenvalue weighted by molar-refractivity contribution is 6.22. The van der Waals surface area contributed by atoms with E-state index in [2.05, 4.69) is 20.8 Å². The molecule has 1 saturated carbocycles. The molecule has 0 unspecified atom stereocenters. The van der Waals surface area contributed by atoms with Crippen molar-refractivity contribution in [2.24, 2.45) is 0 Å². The van der Waals surface area contributed by atoms with Gasteiger partial charge in [-0.15, -0.1) is 5.10 Å². The molecule has 1 N–H and O–H groups in total. The molecule has 1 aliphatic carbocycles. The lowest BCUT2D eigenvalue weighted by atomic mass is 9.94. The number of aryl methyl sites for hydroxylation is 1. The van der Waals surface area contributed by atoms with Crippen molar-refractivity contribution in [3.8, 4) is 5.69 Å². The molecule has 3 amide bonds. The number of benzene rings is 2. The topological polar surface area (TPSA) is 110 Å². The Balaban J connectivity index is 1.39. The van der Waals surface area contributed by atoms with Gasteiger partial charge in [-0.05, 0) is 66.1 Å². The van der Waals surface area contributed by atoms with Gasteiger partial charge in [-0.1, -0.05) is 25.3 Å². The number of carbonyl (C=O) groups is 3. The molecule has 9 nitrogen and oxygen atoms in total. The molecule has 162 valence electrons. The van der Waals surface area contributed by atoms with Crippen LogP contribution in [0.3, 0.4) is 0 Å². The first-order valence-corrected chi connectivity index (χ1v) is 10.7. The lowest BCUT2D eigenvalue weighted by Crippen LogP contribution is -2.40. The second kappa shape index (κ2) is 7.99. The number of imide groups is 1. The Labute approximate surface area is 184 Å². The Hall–Kier alpha value is -3.88. The highest BCUT2D eigenvalue weighted by Crippen LogP contribution is 2.31. The van der Waals surface area contributed by atoms with Crippen molar-refractivity contribution in [2.75, 3.05) is 5.32 Å². The number of nitrogens with one attached hydrogen (secondary N) is 1. The maximum absolute atomic E-state index is 13.0. The first kappa shape index (κ1) is 20.0. The van der Waals surface area contributed by atoms with Crippen LogP contribution in [0.25, 0.3) is 5.69 Å². The fraction of sp³-hybridized carbons (Fsp3) is 0.304. The molecule has 2 aliphatic rings. The quantitative estimate of drug-likeness (QED) is 0.637. The molecule has 0 atom stereocenters. The average molecular weight is 430 g/mol. The van der Waals surface area contributed by atoms with Crippen LogP contribution in [0, 0.1) is 6.92 Å². The molecular weight excluding hydrogens is 408 g/mol. The highest BCUT2D eigenvalue weighted by atomic mass is 16.2. The maximum atomic E-state index is 13.0. The van der Waals surface area contributed by atoms with Gasteiger partial charge in [0, 0.05) is 17.3 Å². The van der Waals surface area contributed by atoms with Crippen LogP contribution >= 0.6 is 0 Å². The summed E-state index contributed by atoms with van der Waals surface area (Å²) in [4.78, 5) is 40.2. The number of amides is 3. The van der Waals surface area contributed by atoms with Crippen molar-refractivity contribution < 1.29 is 14.4 Å². The molecule has 5 rings (SSSR count). The molecule has 1 aliphatic heterocycles. The summed E-state index contributed by atoms with van der Waals surface area (Å²) in [5.74, 6) is -0.918. The third kappa shape index (κ3) is 3.45. The van der Waals surface area contributed by atoms with Gasteiger partial charge in [-0.25, -0.2) is 4.68 Å². The molecule has 2 heterocycles. The first-order chi connectivity index (χ1) is 15.5. The van der Waals surface area contributed by atoms with Crippen LogP contribution in [-0.2, 0) is 0 Å². The fourth-order valence-electron chi connectivity index (χ4n) is 4.43. The Morgan fingerprint density at radius 1 is 1.00 bits per heavy atom. The Morgan fingerprint density at radius 2 is 1.78 bits per heavy atom. The maximum Gasteiger partial charge on any atom is 0.261 e. The van der Waals surface area contributed by atoms with E-state index in [1.165, 1.54) is 22.0 Å². The Kier molecular flexibility index (Phi) is 5.01. The number of tetrazole rings is 1. The largest absolute Gasteiger partial charge is 0.322 e. The minimum atomic E-state index is -0.360. The monoisotopic (exact) mass is 430 g/mol. The normalized spacial score (nSPS) is 16.3. The van der Waals surface area contributed by atoms with E-state index in [-0.39, 0.29) is 23.8 Å². The van der Waals surface area contributed by atoms with E-state index in [4.69, 9.17) is 0 Å². The van der Waals surface area contributed by atoms with Crippen LogP contribution in [0.5, 0.6) is 0 Å². The molecular formula is C23H22N6O3. The van der Waals surface area contributed by atoms with Gasteiger partial charge in [0.1, 0.15) is 6.33 Å². The molecule has 32 heavy (non-hydrogen) atoms. The van der Waals surface area contributed by atoms with Gasteiger partial charge in [0.05, 0.1) is 16.8 Å². The third-order valence-corrected chi connectivity index (χ3v) is 6.20. The van der Waals surface area contributed by atoms with Gasteiger partial charge >= 0.3 is 0 Å². The van der Waals surface area contributed by atoms with Crippen LogP contribution < -0.4 is 5.32 Å². The average Bonchev–Trinajstić information content (AvgIpc) is 3.43. The van der Waals surface area contributed by atoms with E-state index < -0.39 is 0 Å². The number of rotatable bonds is 4. The second-order valence-corrected chi connectivity index (χ2v) is 8.24. The predicted molar refractivity (Wildman–Crippen MR) is 116 cm³/mol. The van der Waals surface area contributed by atoms with Crippen LogP contribution in [0.4, 0.5) is 5.69 Å². The molecule has 0 saturated heterocycles.